The fourth-order valence-corrected chi connectivity index (χ4v) is 3.58. The van der Waals surface area contributed by atoms with E-state index >= 15 is 0 Å². The summed E-state index contributed by atoms with van der Waals surface area (Å²) in [6, 6.07) is 14.0. The van der Waals surface area contributed by atoms with E-state index in [2.05, 4.69) is 16.5 Å². The average Bonchev–Trinajstić information content (AvgIpc) is 3.10. The number of carbonyl (C=O) groups excluding carboxylic acids is 1. The molecule has 3 nitrogen and oxygen atoms in total. The second-order valence-electron chi connectivity index (χ2n) is 5.86. The van der Waals surface area contributed by atoms with Crippen LogP contribution in [0.1, 0.15) is 35.9 Å². The van der Waals surface area contributed by atoms with E-state index in [0.29, 0.717) is 12.2 Å². The van der Waals surface area contributed by atoms with E-state index in [1.165, 1.54) is 0 Å². The van der Waals surface area contributed by atoms with Crippen LogP contribution in [0.25, 0.3) is 10.2 Å². The number of benzene rings is 1. The highest BCUT2D eigenvalue weighted by atomic mass is 32.1. The molecule has 1 amide bonds. The van der Waals surface area contributed by atoms with Gasteiger partial charge in [0.25, 0.3) is 5.91 Å². The van der Waals surface area contributed by atoms with Gasteiger partial charge in [-0.05, 0) is 36.9 Å². The maximum atomic E-state index is 12.7. The lowest BCUT2D eigenvalue weighted by atomic mass is 10.1. The molecule has 0 radical (unpaired) electrons. The summed E-state index contributed by atoms with van der Waals surface area (Å²) in [5.41, 5.74) is 2.82. The predicted octanol–water partition coefficient (Wildman–Crippen LogP) is 4.77. The third kappa shape index (κ3) is 3.22. The Morgan fingerprint density at radius 3 is 2.74 bits per heavy atom. The highest BCUT2D eigenvalue weighted by molar-refractivity contribution is 7.16. The van der Waals surface area contributed by atoms with E-state index in [0.717, 1.165) is 21.4 Å². The van der Waals surface area contributed by atoms with Crippen molar-refractivity contribution < 1.29 is 4.79 Å². The number of nitrogens with one attached hydrogen (secondary N) is 1. The number of fused-ring (bicyclic) bond motifs is 1. The zero-order chi connectivity index (χ0) is 16.4. The van der Waals surface area contributed by atoms with Crippen molar-refractivity contribution in [3.05, 3.63) is 71.3 Å². The van der Waals surface area contributed by atoms with Crippen LogP contribution in [-0.2, 0) is 6.54 Å². The summed E-state index contributed by atoms with van der Waals surface area (Å²) >= 11 is 1.65. The highest BCUT2D eigenvalue weighted by Gasteiger charge is 2.18. The molecular weight excluding hydrogens is 304 g/mol. The molecule has 0 bridgehead atoms. The van der Waals surface area contributed by atoms with Crippen molar-refractivity contribution in [1.82, 2.24) is 9.88 Å². The number of nitrogens with zero attached hydrogens (tertiary/aromatic N) is 1. The molecule has 0 fully saturated rings. The number of hydrogen-bond donors (Lipinski definition) is 1. The highest BCUT2D eigenvalue weighted by Crippen LogP contribution is 2.26. The summed E-state index contributed by atoms with van der Waals surface area (Å²) in [4.78, 5) is 13.9. The number of thiophene rings is 1. The summed E-state index contributed by atoms with van der Waals surface area (Å²) in [5.74, 6) is -0.0500. The first-order valence-corrected chi connectivity index (χ1v) is 8.51. The van der Waals surface area contributed by atoms with Crippen LogP contribution in [0, 0.1) is 0 Å². The average molecular weight is 324 g/mol. The minimum atomic E-state index is -0.0500. The molecule has 2 heterocycles. The van der Waals surface area contributed by atoms with Crippen LogP contribution >= 0.6 is 11.3 Å². The Bertz CT molecular complexity index is 845. The first-order chi connectivity index (χ1) is 11.1. The van der Waals surface area contributed by atoms with Crippen molar-refractivity contribution in [3.8, 4) is 0 Å². The zero-order valence-corrected chi connectivity index (χ0v) is 14.2. The lowest BCUT2D eigenvalue weighted by molar-refractivity contribution is 0.0931. The Morgan fingerprint density at radius 2 is 2.04 bits per heavy atom. The van der Waals surface area contributed by atoms with Gasteiger partial charge in [-0.3, -0.25) is 4.79 Å². The number of carbonyl (C=O) groups is 1. The Balaban J connectivity index is 1.88. The summed E-state index contributed by atoms with van der Waals surface area (Å²) in [5, 5.41) is 6.25. The fourth-order valence-electron chi connectivity index (χ4n) is 2.69. The molecule has 2 aromatic heterocycles. The molecule has 1 atom stereocenters. The van der Waals surface area contributed by atoms with Crippen LogP contribution in [0.4, 0.5) is 0 Å². The van der Waals surface area contributed by atoms with Gasteiger partial charge in [0.2, 0.25) is 0 Å². The van der Waals surface area contributed by atoms with Crippen molar-refractivity contribution in [3.63, 3.8) is 0 Å². The second-order valence-corrected chi connectivity index (χ2v) is 6.75. The number of hydrogen-bond acceptors (Lipinski definition) is 2. The number of aromatic nitrogens is 1. The molecule has 3 aromatic rings. The second kappa shape index (κ2) is 6.42. The van der Waals surface area contributed by atoms with Gasteiger partial charge in [0.15, 0.2) is 0 Å². The molecule has 118 valence electrons. The Labute approximate surface area is 140 Å². The van der Waals surface area contributed by atoms with Crippen LogP contribution in [0.3, 0.4) is 0 Å². The molecular formula is C19H20N2OS. The van der Waals surface area contributed by atoms with Gasteiger partial charge in [0.1, 0.15) is 10.5 Å². The molecule has 3 rings (SSSR count). The Kier molecular flexibility index (Phi) is 4.35. The minimum Gasteiger partial charge on any atom is -0.344 e. The van der Waals surface area contributed by atoms with Crippen LogP contribution in [0.15, 0.2) is 60.0 Å². The van der Waals surface area contributed by atoms with Crippen LogP contribution in [0.5, 0.6) is 0 Å². The number of rotatable bonds is 5. The summed E-state index contributed by atoms with van der Waals surface area (Å²) in [7, 11) is 0. The number of amides is 1. The summed E-state index contributed by atoms with van der Waals surface area (Å²) < 4.78 is 2.05. The normalized spacial score (nSPS) is 12.3. The van der Waals surface area contributed by atoms with Gasteiger partial charge in [-0.2, -0.15) is 0 Å². The van der Waals surface area contributed by atoms with E-state index in [9.17, 15) is 4.79 Å². The zero-order valence-electron chi connectivity index (χ0n) is 13.4. The van der Waals surface area contributed by atoms with Crippen LogP contribution < -0.4 is 5.32 Å². The third-order valence-electron chi connectivity index (χ3n) is 3.81. The molecule has 0 aliphatic rings. The topological polar surface area (TPSA) is 34.0 Å². The van der Waals surface area contributed by atoms with Crippen molar-refractivity contribution in [2.45, 2.75) is 26.4 Å². The van der Waals surface area contributed by atoms with Crippen molar-refractivity contribution in [2.75, 3.05) is 0 Å². The SMILES string of the molecule is C=C(C)Cn1c(C(=O)N[C@@H](C)c2ccccc2)cc2ccsc21. The molecule has 0 aliphatic carbocycles. The molecule has 0 aliphatic heterocycles. The predicted molar refractivity (Wildman–Crippen MR) is 97.0 cm³/mol. The monoisotopic (exact) mass is 324 g/mol. The van der Waals surface area contributed by atoms with Gasteiger partial charge in [-0.1, -0.05) is 42.5 Å². The van der Waals surface area contributed by atoms with Crippen LogP contribution in [0.2, 0.25) is 0 Å². The lowest BCUT2D eigenvalue weighted by Crippen LogP contribution is -2.28. The van der Waals surface area contributed by atoms with E-state index < -0.39 is 0 Å². The maximum absolute atomic E-state index is 12.7. The largest absolute Gasteiger partial charge is 0.344 e. The third-order valence-corrected chi connectivity index (χ3v) is 4.76. The molecule has 0 unspecified atom stereocenters. The van der Waals surface area contributed by atoms with Gasteiger partial charge in [-0.25, -0.2) is 0 Å². The molecule has 1 N–H and O–H groups in total. The Hall–Kier alpha value is -2.33. The first kappa shape index (κ1) is 15.6. The van der Waals surface area contributed by atoms with Gasteiger partial charge < -0.3 is 9.88 Å². The molecule has 0 saturated carbocycles. The van der Waals surface area contributed by atoms with Gasteiger partial charge in [-0.15, -0.1) is 11.3 Å². The lowest BCUT2D eigenvalue weighted by Gasteiger charge is -2.16. The van der Waals surface area contributed by atoms with Gasteiger partial charge >= 0.3 is 0 Å². The van der Waals surface area contributed by atoms with Crippen LogP contribution in [-0.4, -0.2) is 10.5 Å². The number of allylic oxidation sites excluding steroid dienone is 1. The van der Waals surface area contributed by atoms with Gasteiger partial charge in [0, 0.05) is 11.9 Å². The molecule has 4 heteroatoms. The first-order valence-electron chi connectivity index (χ1n) is 7.63. The summed E-state index contributed by atoms with van der Waals surface area (Å²) in [6.07, 6.45) is 0. The smallest absolute Gasteiger partial charge is 0.268 e. The molecule has 23 heavy (non-hydrogen) atoms. The van der Waals surface area contributed by atoms with E-state index in [4.69, 9.17) is 0 Å². The minimum absolute atomic E-state index is 0.0325. The quantitative estimate of drug-likeness (QED) is 0.674. The molecule has 1 aromatic carbocycles. The Morgan fingerprint density at radius 1 is 1.30 bits per heavy atom. The van der Waals surface area contributed by atoms with E-state index in [1.807, 2.05) is 61.7 Å². The summed E-state index contributed by atoms with van der Waals surface area (Å²) in [6.45, 7) is 8.62. The van der Waals surface area contributed by atoms with Gasteiger partial charge in [0.05, 0.1) is 6.04 Å². The van der Waals surface area contributed by atoms with Crippen molar-refractivity contribution in [1.29, 1.82) is 0 Å². The maximum Gasteiger partial charge on any atom is 0.268 e. The molecule has 0 spiro atoms. The standard InChI is InChI=1S/C19H20N2OS/c1-13(2)12-21-17(11-16-9-10-23-19(16)21)18(22)20-14(3)15-7-5-4-6-8-15/h4-11,14H,1,12H2,2-3H3,(H,20,22)/t14-/m0/s1. The molecule has 0 saturated heterocycles. The van der Waals surface area contributed by atoms with E-state index in [1.54, 1.807) is 11.3 Å². The van der Waals surface area contributed by atoms with E-state index in [-0.39, 0.29) is 11.9 Å². The van der Waals surface area contributed by atoms with Crippen molar-refractivity contribution in [2.24, 2.45) is 0 Å². The fraction of sp³-hybridized carbons (Fsp3) is 0.211. The van der Waals surface area contributed by atoms with Crippen molar-refractivity contribution >= 4 is 27.5 Å².